The van der Waals surface area contributed by atoms with E-state index in [1.165, 1.54) is 11.1 Å². The van der Waals surface area contributed by atoms with Crippen LogP contribution in [0, 0.1) is 6.92 Å². The van der Waals surface area contributed by atoms with Crippen molar-refractivity contribution in [3.63, 3.8) is 0 Å². The summed E-state index contributed by atoms with van der Waals surface area (Å²) in [5, 5.41) is 3.16. The molecular formula is C22H24N4O2. The highest BCUT2D eigenvalue weighted by molar-refractivity contribution is 5.82. The molecule has 0 saturated heterocycles. The Morgan fingerprint density at radius 3 is 3.00 bits per heavy atom. The van der Waals surface area contributed by atoms with E-state index in [2.05, 4.69) is 17.4 Å². The summed E-state index contributed by atoms with van der Waals surface area (Å²) in [6, 6.07) is 10.2. The molecule has 1 amide bonds. The number of fused-ring (bicyclic) bond motifs is 3. The molecule has 1 aliphatic heterocycles. The van der Waals surface area contributed by atoms with Crippen molar-refractivity contribution in [1.82, 2.24) is 19.4 Å². The van der Waals surface area contributed by atoms with Crippen molar-refractivity contribution in [3.8, 4) is 0 Å². The second-order valence-electron chi connectivity index (χ2n) is 7.91. The van der Waals surface area contributed by atoms with E-state index in [-0.39, 0.29) is 24.1 Å². The number of hydrogen-bond acceptors (Lipinski definition) is 3. The Labute approximate surface area is 163 Å². The highest BCUT2D eigenvalue weighted by Gasteiger charge is 2.24. The van der Waals surface area contributed by atoms with Crippen molar-refractivity contribution in [1.29, 1.82) is 0 Å². The molecule has 1 atom stereocenters. The number of hydrogen-bond donors (Lipinski definition) is 1. The first kappa shape index (κ1) is 17.2. The fourth-order valence-electron chi connectivity index (χ4n) is 4.68. The van der Waals surface area contributed by atoms with Crippen molar-refractivity contribution in [2.75, 3.05) is 0 Å². The van der Waals surface area contributed by atoms with Gasteiger partial charge in [0.25, 0.3) is 5.56 Å². The molecule has 0 saturated carbocycles. The first-order chi connectivity index (χ1) is 13.6. The first-order valence-electron chi connectivity index (χ1n) is 10.1. The minimum absolute atomic E-state index is 0.0215. The summed E-state index contributed by atoms with van der Waals surface area (Å²) in [6.45, 7) is 2.79. The molecule has 5 rings (SSSR count). The Morgan fingerprint density at radius 1 is 1.25 bits per heavy atom. The third-order valence-electron chi connectivity index (χ3n) is 6.09. The van der Waals surface area contributed by atoms with Crippen molar-refractivity contribution in [2.45, 2.75) is 58.2 Å². The summed E-state index contributed by atoms with van der Waals surface area (Å²) in [5.74, 6) is 0.803. The van der Waals surface area contributed by atoms with Crippen LogP contribution in [0.15, 0.2) is 35.1 Å². The van der Waals surface area contributed by atoms with Crippen LogP contribution in [-0.4, -0.2) is 20.0 Å². The number of carbonyl (C=O) groups excluding carboxylic acids is 1. The summed E-state index contributed by atoms with van der Waals surface area (Å²) in [7, 11) is 0. The van der Waals surface area contributed by atoms with Gasteiger partial charge >= 0.3 is 0 Å². The Balaban J connectivity index is 1.45. The van der Waals surface area contributed by atoms with E-state index >= 15 is 0 Å². The number of nitrogens with zero attached hydrogens (tertiary/aromatic N) is 3. The predicted molar refractivity (Wildman–Crippen MR) is 107 cm³/mol. The zero-order chi connectivity index (χ0) is 19.3. The maximum atomic E-state index is 13.1. The van der Waals surface area contributed by atoms with Crippen molar-refractivity contribution < 1.29 is 4.79 Å². The highest BCUT2D eigenvalue weighted by Crippen LogP contribution is 2.30. The minimum atomic E-state index is -0.0653. The summed E-state index contributed by atoms with van der Waals surface area (Å²) in [6.07, 6.45) is 4.83. The van der Waals surface area contributed by atoms with Gasteiger partial charge in [-0.05, 0) is 49.8 Å². The molecule has 144 valence electrons. The second-order valence-corrected chi connectivity index (χ2v) is 7.91. The second kappa shape index (κ2) is 6.62. The number of nitrogens with one attached hydrogen (secondary N) is 1. The van der Waals surface area contributed by atoms with Crippen LogP contribution in [-0.2, 0) is 30.7 Å². The maximum Gasteiger partial charge on any atom is 0.278 e. The van der Waals surface area contributed by atoms with Crippen LogP contribution in [0.3, 0.4) is 0 Å². The van der Waals surface area contributed by atoms with Crippen LogP contribution in [0.1, 0.15) is 47.9 Å². The van der Waals surface area contributed by atoms with Crippen LogP contribution in [0.2, 0.25) is 0 Å². The monoisotopic (exact) mass is 376 g/mol. The summed E-state index contributed by atoms with van der Waals surface area (Å²) in [5.41, 5.74) is 4.64. The van der Waals surface area contributed by atoms with Gasteiger partial charge in [-0.25, -0.2) is 4.98 Å². The number of aryl methyl sites for hydroxylation is 3. The largest absolute Gasteiger partial charge is 0.348 e. The Morgan fingerprint density at radius 2 is 2.11 bits per heavy atom. The van der Waals surface area contributed by atoms with Gasteiger partial charge in [-0.1, -0.05) is 24.3 Å². The normalized spacial score (nSPS) is 18.1. The molecule has 6 heteroatoms. The van der Waals surface area contributed by atoms with Gasteiger partial charge in [-0.3, -0.25) is 14.2 Å². The molecule has 0 fully saturated rings. The van der Waals surface area contributed by atoms with Crippen LogP contribution in [0.5, 0.6) is 0 Å². The molecular weight excluding hydrogens is 352 g/mol. The quantitative estimate of drug-likeness (QED) is 0.764. The Bertz CT molecular complexity index is 1140. The average molecular weight is 376 g/mol. The van der Waals surface area contributed by atoms with E-state index in [9.17, 15) is 9.59 Å². The SMILES string of the molecule is Cc1cc2nc3n(c(=O)c2n1CC(=O)N[C@H]1CCc2ccccc21)CCCC3. The highest BCUT2D eigenvalue weighted by atomic mass is 16.2. The van der Waals surface area contributed by atoms with E-state index < -0.39 is 0 Å². The average Bonchev–Trinajstić information content (AvgIpc) is 3.23. The van der Waals surface area contributed by atoms with E-state index in [4.69, 9.17) is 4.98 Å². The third kappa shape index (κ3) is 2.75. The minimum Gasteiger partial charge on any atom is -0.348 e. The van der Waals surface area contributed by atoms with Crippen molar-refractivity contribution >= 4 is 16.9 Å². The zero-order valence-electron chi connectivity index (χ0n) is 16.1. The molecule has 0 bridgehead atoms. The van der Waals surface area contributed by atoms with Gasteiger partial charge in [0.2, 0.25) is 5.91 Å². The summed E-state index contributed by atoms with van der Waals surface area (Å²) >= 11 is 0. The maximum absolute atomic E-state index is 13.1. The van der Waals surface area contributed by atoms with Gasteiger partial charge in [0.15, 0.2) is 0 Å². The lowest BCUT2D eigenvalue weighted by molar-refractivity contribution is -0.122. The van der Waals surface area contributed by atoms with Crippen LogP contribution >= 0.6 is 0 Å². The lowest BCUT2D eigenvalue weighted by atomic mass is 10.1. The van der Waals surface area contributed by atoms with E-state index in [1.54, 1.807) is 4.57 Å². The van der Waals surface area contributed by atoms with E-state index in [0.717, 1.165) is 43.6 Å². The van der Waals surface area contributed by atoms with Gasteiger partial charge in [-0.15, -0.1) is 0 Å². The molecule has 0 spiro atoms. The van der Waals surface area contributed by atoms with Gasteiger partial charge in [-0.2, -0.15) is 0 Å². The lowest BCUT2D eigenvalue weighted by Crippen LogP contribution is -2.33. The van der Waals surface area contributed by atoms with Crippen molar-refractivity contribution in [3.05, 3.63) is 63.3 Å². The molecule has 3 aromatic rings. The molecule has 2 aliphatic rings. The fraction of sp³-hybridized carbons (Fsp3) is 0.409. The molecule has 2 aromatic heterocycles. The lowest BCUT2D eigenvalue weighted by Gasteiger charge is -2.18. The fourth-order valence-corrected chi connectivity index (χ4v) is 4.68. The zero-order valence-corrected chi connectivity index (χ0v) is 16.1. The number of rotatable bonds is 3. The molecule has 28 heavy (non-hydrogen) atoms. The number of amides is 1. The van der Waals surface area contributed by atoms with E-state index in [1.807, 2.05) is 29.7 Å². The van der Waals surface area contributed by atoms with Gasteiger partial charge in [0.05, 0.1) is 11.6 Å². The van der Waals surface area contributed by atoms with Crippen LogP contribution < -0.4 is 10.9 Å². The molecule has 3 heterocycles. The number of benzene rings is 1. The number of carbonyl (C=O) groups is 1. The molecule has 1 N–H and O–H groups in total. The first-order valence-corrected chi connectivity index (χ1v) is 10.1. The standard InChI is InChI=1S/C22H24N4O2/c1-14-12-18-21(22(28)25-11-5-4-8-19(25)23-18)26(14)13-20(27)24-17-10-9-15-6-2-3-7-16(15)17/h2-3,6-7,12,17H,4-5,8-11,13H2,1H3,(H,24,27)/t17-/m0/s1. The topological polar surface area (TPSA) is 68.9 Å². The summed E-state index contributed by atoms with van der Waals surface area (Å²) < 4.78 is 3.61. The Hall–Kier alpha value is -2.89. The summed E-state index contributed by atoms with van der Waals surface area (Å²) in [4.78, 5) is 30.6. The van der Waals surface area contributed by atoms with Gasteiger partial charge < -0.3 is 9.88 Å². The molecule has 6 nitrogen and oxygen atoms in total. The van der Waals surface area contributed by atoms with Gasteiger partial charge in [0, 0.05) is 18.7 Å². The van der Waals surface area contributed by atoms with E-state index in [0.29, 0.717) is 17.6 Å². The van der Waals surface area contributed by atoms with Crippen LogP contribution in [0.25, 0.3) is 11.0 Å². The molecule has 0 unspecified atom stereocenters. The molecule has 0 radical (unpaired) electrons. The molecule has 1 aromatic carbocycles. The van der Waals surface area contributed by atoms with Gasteiger partial charge in [0.1, 0.15) is 17.9 Å². The molecule has 1 aliphatic carbocycles. The Kier molecular flexibility index (Phi) is 4.07. The smallest absolute Gasteiger partial charge is 0.278 e. The van der Waals surface area contributed by atoms with Crippen LogP contribution in [0.4, 0.5) is 0 Å². The third-order valence-corrected chi connectivity index (χ3v) is 6.09. The predicted octanol–water partition coefficient (Wildman–Crippen LogP) is 2.65. The van der Waals surface area contributed by atoms with Crippen molar-refractivity contribution in [2.24, 2.45) is 0 Å². The number of aromatic nitrogens is 3.